The first-order valence-corrected chi connectivity index (χ1v) is 10.2. The molecule has 146 valence electrons. The van der Waals surface area contributed by atoms with Gasteiger partial charge in [0.1, 0.15) is 6.42 Å². The van der Waals surface area contributed by atoms with E-state index >= 15 is 0 Å². The van der Waals surface area contributed by atoms with E-state index in [9.17, 15) is 13.2 Å². The van der Waals surface area contributed by atoms with E-state index in [4.69, 9.17) is 5.26 Å². The third kappa shape index (κ3) is 5.25. The second-order valence-electron chi connectivity index (χ2n) is 6.13. The quantitative estimate of drug-likeness (QED) is 0.464. The van der Waals surface area contributed by atoms with Gasteiger partial charge in [-0.3, -0.25) is 4.79 Å². The second-order valence-corrected chi connectivity index (χ2v) is 7.89. The number of fused-ring (bicyclic) bond motifs is 1. The van der Waals surface area contributed by atoms with E-state index in [1.807, 2.05) is 30.3 Å². The zero-order chi connectivity index (χ0) is 20.7. The molecule has 0 aliphatic rings. The van der Waals surface area contributed by atoms with E-state index in [0.29, 0.717) is 11.3 Å². The van der Waals surface area contributed by atoms with Crippen molar-refractivity contribution in [1.29, 1.82) is 5.26 Å². The van der Waals surface area contributed by atoms with Crippen LogP contribution in [0.25, 0.3) is 10.8 Å². The van der Waals surface area contributed by atoms with E-state index < -0.39 is 15.9 Å². The van der Waals surface area contributed by atoms with Gasteiger partial charge in [0.15, 0.2) is 0 Å². The number of carbonyl (C=O) groups is 1. The van der Waals surface area contributed by atoms with Crippen LogP contribution in [0.15, 0.2) is 82.8 Å². The zero-order valence-corrected chi connectivity index (χ0v) is 16.2. The number of hydrazone groups is 1. The minimum absolute atomic E-state index is 0.133. The Kier molecular flexibility index (Phi) is 6.34. The maximum Gasteiger partial charge on any atom is 0.254 e. The fourth-order valence-corrected chi connectivity index (χ4v) is 3.68. The smallest absolute Gasteiger partial charge is 0.254 e. The Morgan fingerprint density at radius 2 is 1.66 bits per heavy atom. The number of nitrogens with zero attached hydrogens (tertiary/aromatic N) is 2. The van der Waals surface area contributed by atoms with Crippen LogP contribution >= 0.6 is 0 Å². The number of nitrogens with one attached hydrogen (secondary N) is 2. The van der Waals surface area contributed by atoms with E-state index in [1.165, 1.54) is 0 Å². The molecule has 0 saturated heterocycles. The molecule has 29 heavy (non-hydrogen) atoms. The van der Waals surface area contributed by atoms with Gasteiger partial charge in [-0.1, -0.05) is 60.7 Å². The van der Waals surface area contributed by atoms with Crippen LogP contribution in [0.4, 0.5) is 0 Å². The first kappa shape index (κ1) is 20.2. The van der Waals surface area contributed by atoms with Gasteiger partial charge in [0, 0.05) is 0 Å². The maximum absolute atomic E-state index is 12.8. The highest BCUT2D eigenvalue weighted by atomic mass is 32.2. The first-order chi connectivity index (χ1) is 14.0. The number of amides is 1. The largest absolute Gasteiger partial charge is 0.272 e. The van der Waals surface area contributed by atoms with Gasteiger partial charge in [0.05, 0.1) is 23.2 Å². The molecule has 0 unspecified atom stereocenters. The van der Waals surface area contributed by atoms with Crippen LogP contribution in [0.1, 0.15) is 12.0 Å². The lowest BCUT2D eigenvalue weighted by atomic mass is 10.1. The molecule has 3 rings (SSSR count). The lowest BCUT2D eigenvalue weighted by Gasteiger charge is -2.10. The van der Waals surface area contributed by atoms with Crippen molar-refractivity contribution in [3.63, 3.8) is 0 Å². The molecule has 0 aliphatic carbocycles. The van der Waals surface area contributed by atoms with Crippen molar-refractivity contribution in [2.45, 2.75) is 11.3 Å². The normalized spacial score (nSPS) is 11.8. The molecule has 0 aromatic heterocycles. The first-order valence-electron chi connectivity index (χ1n) is 8.76. The molecule has 0 spiro atoms. The van der Waals surface area contributed by atoms with Crippen molar-refractivity contribution >= 4 is 32.4 Å². The van der Waals surface area contributed by atoms with Gasteiger partial charge in [-0.2, -0.15) is 10.4 Å². The highest BCUT2D eigenvalue weighted by Gasteiger charge is 2.16. The van der Waals surface area contributed by atoms with Crippen LogP contribution in [0.5, 0.6) is 0 Å². The topological polar surface area (TPSA) is 111 Å². The van der Waals surface area contributed by atoms with E-state index in [2.05, 4.69) is 15.2 Å². The van der Waals surface area contributed by atoms with Crippen molar-refractivity contribution in [3.8, 4) is 6.07 Å². The molecule has 0 radical (unpaired) electrons. The molecule has 7 nitrogen and oxygen atoms in total. The van der Waals surface area contributed by atoms with Gasteiger partial charge < -0.3 is 0 Å². The Hall–Kier alpha value is -3.54. The Balaban J connectivity index is 1.82. The molecule has 8 heteroatoms. The van der Waals surface area contributed by atoms with Crippen molar-refractivity contribution < 1.29 is 13.2 Å². The number of nitriles is 1. The summed E-state index contributed by atoms with van der Waals surface area (Å²) >= 11 is 0. The summed E-state index contributed by atoms with van der Waals surface area (Å²) in [6.45, 7) is -0.133. The number of benzene rings is 3. The predicted octanol–water partition coefficient (Wildman–Crippen LogP) is 2.55. The van der Waals surface area contributed by atoms with Gasteiger partial charge in [-0.15, -0.1) is 0 Å². The molecule has 2 N–H and O–H groups in total. The number of hydrogen-bond acceptors (Lipinski definition) is 5. The molecule has 0 bridgehead atoms. The van der Waals surface area contributed by atoms with Crippen molar-refractivity contribution in [3.05, 3.63) is 78.4 Å². The standard InChI is InChI=1S/C21H18N4O3S/c22-13-12-21(26)25-24-20(17-7-2-1-3-8-17)15-23-29(27,28)19-11-10-16-6-4-5-9-18(16)14-19/h1-11,14,23H,12,15H2,(H,25,26)/b24-20-. The summed E-state index contributed by atoms with van der Waals surface area (Å²) in [6, 6.07) is 23.0. The molecular formula is C21H18N4O3S. The van der Waals surface area contributed by atoms with Crippen molar-refractivity contribution in [2.75, 3.05) is 6.54 Å². The van der Waals surface area contributed by atoms with Gasteiger partial charge >= 0.3 is 0 Å². The van der Waals surface area contributed by atoms with Gasteiger partial charge in [0.2, 0.25) is 10.0 Å². The number of rotatable bonds is 7. The summed E-state index contributed by atoms with van der Waals surface area (Å²) < 4.78 is 28.0. The Morgan fingerprint density at radius 3 is 2.38 bits per heavy atom. The van der Waals surface area contributed by atoms with E-state index in [1.54, 1.807) is 48.5 Å². The summed E-state index contributed by atoms with van der Waals surface area (Å²) in [4.78, 5) is 11.7. The Labute approximate surface area is 168 Å². The average molecular weight is 406 g/mol. The zero-order valence-electron chi connectivity index (χ0n) is 15.4. The summed E-state index contributed by atoms with van der Waals surface area (Å²) in [7, 11) is -3.80. The molecule has 0 fully saturated rings. The number of sulfonamides is 1. The number of hydrogen-bond donors (Lipinski definition) is 2. The molecule has 3 aromatic carbocycles. The van der Waals surface area contributed by atoms with Crippen LogP contribution in [0.2, 0.25) is 0 Å². The molecular weight excluding hydrogens is 388 g/mol. The van der Waals surface area contributed by atoms with Gasteiger partial charge in [0.25, 0.3) is 5.91 Å². The van der Waals surface area contributed by atoms with Gasteiger partial charge in [-0.25, -0.2) is 18.6 Å². The van der Waals surface area contributed by atoms with E-state index in [-0.39, 0.29) is 17.9 Å². The average Bonchev–Trinajstić information content (AvgIpc) is 2.74. The molecule has 0 saturated carbocycles. The molecule has 3 aromatic rings. The summed E-state index contributed by atoms with van der Waals surface area (Å²) in [6.07, 6.45) is -0.339. The Morgan fingerprint density at radius 1 is 0.966 bits per heavy atom. The van der Waals surface area contributed by atoms with Crippen LogP contribution in [0.3, 0.4) is 0 Å². The monoisotopic (exact) mass is 406 g/mol. The third-order valence-electron chi connectivity index (χ3n) is 4.12. The van der Waals surface area contributed by atoms with Gasteiger partial charge in [-0.05, 0) is 28.5 Å². The second kappa shape index (κ2) is 9.10. The third-order valence-corrected chi connectivity index (χ3v) is 5.52. The molecule has 1 amide bonds. The fraction of sp³-hybridized carbons (Fsp3) is 0.0952. The summed E-state index contributed by atoms with van der Waals surface area (Å²) in [5.74, 6) is -0.571. The highest BCUT2D eigenvalue weighted by molar-refractivity contribution is 7.89. The van der Waals surface area contributed by atoms with Crippen LogP contribution in [0, 0.1) is 11.3 Å². The minimum atomic E-state index is -3.80. The lowest BCUT2D eigenvalue weighted by Crippen LogP contribution is -2.32. The SMILES string of the molecule is N#CCC(=O)N/N=C(/CNS(=O)(=O)c1ccc2ccccc2c1)c1ccccc1. The van der Waals surface area contributed by atoms with Crippen molar-refractivity contribution in [2.24, 2.45) is 5.10 Å². The summed E-state index contributed by atoms with van der Waals surface area (Å²) in [5, 5.41) is 14.3. The maximum atomic E-state index is 12.8. The summed E-state index contributed by atoms with van der Waals surface area (Å²) in [5.41, 5.74) is 3.24. The van der Waals surface area contributed by atoms with Crippen LogP contribution < -0.4 is 10.1 Å². The van der Waals surface area contributed by atoms with Crippen LogP contribution in [-0.2, 0) is 14.8 Å². The number of carbonyl (C=O) groups excluding carboxylic acids is 1. The van der Waals surface area contributed by atoms with Crippen LogP contribution in [-0.4, -0.2) is 26.6 Å². The Bertz CT molecular complexity index is 1200. The predicted molar refractivity (Wildman–Crippen MR) is 110 cm³/mol. The molecule has 0 atom stereocenters. The minimum Gasteiger partial charge on any atom is -0.272 e. The van der Waals surface area contributed by atoms with E-state index in [0.717, 1.165) is 10.8 Å². The lowest BCUT2D eigenvalue weighted by molar-refractivity contribution is -0.120. The fourth-order valence-electron chi connectivity index (χ4n) is 2.66. The van der Waals surface area contributed by atoms with Crippen molar-refractivity contribution in [1.82, 2.24) is 10.1 Å². The molecule has 0 heterocycles. The molecule has 0 aliphatic heterocycles. The highest BCUT2D eigenvalue weighted by Crippen LogP contribution is 2.18.